The molecule has 2 aromatic heterocycles. The monoisotopic (exact) mass is 378 g/mol. The molecular weight excluding hydrogens is 361 g/mol. The van der Waals surface area contributed by atoms with Crippen LogP contribution in [0.15, 0.2) is 36.5 Å². The van der Waals surface area contributed by atoms with Crippen LogP contribution in [-0.2, 0) is 6.18 Å². The first-order valence-electron chi connectivity index (χ1n) is 8.37. The molecule has 142 valence electrons. The molecule has 1 aromatic carbocycles. The number of phenols is 1. The van der Waals surface area contributed by atoms with Gasteiger partial charge in [-0.15, -0.1) is 10.2 Å². The lowest BCUT2D eigenvalue weighted by molar-refractivity contribution is -0.137. The zero-order valence-corrected chi connectivity index (χ0v) is 14.3. The highest BCUT2D eigenvalue weighted by Gasteiger charge is 2.39. The number of halogens is 3. The maximum absolute atomic E-state index is 12.8. The predicted octanol–water partition coefficient (Wildman–Crippen LogP) is 3.45. The van der Waals surface area contributed by atoms with Gasteiger partial charge in [0.25, 0.3) is 0 Å². The van der Waals surface area contributed by atoms with Crippen LogP contribution in [0.2, 0.25) is 0 Å². The molecule has 0 radical (unpaired) electrons. The molecule has 0 aliphatic heterocycles. The number of benzene rings is 1. The van der Waals surface area contributed by atoms with E-state index in [0.29, 0.717) is 30.4 Å². The molecule has 1 fully saturated rings. The molecule has 0 amide bonds. The summed E-state index contributed by atoms with van der Waals surface area (Å²) in [6, 6.07) is 6.32. The summed E-state index contributed by atoms with van der Waals surface area (Å²) in [4.78, 5) is 0. The van der Waals surface area contributed by atoms with Gasteiger partial charge in [0.15, 0.2) is 0 Å². The SMILES string of the molecule is CC1(O)CC(Nc2nnc(-c3ccc(C(F)(F)F)cc3O)c3cccn23)C1. The van der Waals surface area contributed by atoms with Gasteiger partial charge in [0.2, 0.25) is 5.95 Å². The van der Waals surface area contributed by atoms with Gasteiger partial charge >= 0.3 is 6.18 Å². The number of hydrogen-bond donors (Lipinski definition) is 3. The van der Waals surface area contributed by atoms with Crippen LogP contribution in [0.3, 0.4) is 0 Å². The summed E-state index contributed by atoms with van der Waals surface area (Å²) >= 11 is 0. The molecule has 3 aromatic rings. The second kappa shape index (κ2) is 5.85. The normalized spacial score (nSPS) is 22.6. The lowest BCUT2D eigenvalue weighted by atomic mass is 9.77. The topological polar surface area (TPSA) is 82.7 Å². The van der Waals surface area contributed by atoms with Crippen LogP contribution in [-0.4, -0.2) is 36.5 Å². The van der Waals surface area contributed by atoms with Gasteiger partial charge in [0, 0.05) is 17.8 Å². The fourth-order valence-electron chi connectivity index (χ4n) is 3.44. The zero-order valence-electron chi connectivity index (χ0n) is 14.3. The average molecular weight is 378 g/mol. The molecule has 4 rings (SSSR count). The first-order chi connectivity index (χ1) is 12.6. The Hall–Kier alpha value is -2.81. The first kappa shape index (κ1) is 17.6. The Bertz CT molecular complexity index is 1010. The average Bonchev–Trinajstić information content (AvgIpc) is 3.03. The largest absolute Gasteiger partial charge is 0.507 e. The standard InChI is InChI=1S/C18H17F3N4O2/c1-17(27)8-11(9-17)22-16-24-23-15(13-3-2-6-25(13)16)12-5-4-10(7-14(12)26)18(19,20)21/h2-7,11,26-27H,8-9H2,1H3,(H,22,24). The van der Waals surface area contributed by atoms with E-state index >= 15 is 0 Å². The van der Waals surface area contributed by atoms with Crippen LogP contribution >= 0.6 is 0 Å². The van der Waals surface area contributed by atoms with Gasteiger partial charge in [-0.05, 0) is 50.1 Å². The van der Waals surface area contributed by atoms with E-state index in [2.05, 4.69) is 15.5 Å². The molecule has 27 heavy (non-hydrogen) atoms. The van der Waals surface area contributed by atoms with Crippen molar-refractivity contribution in [3.63, 3.8) is 0 Å². The number of rotatable bonds is 3. The Balaban J connectivity index is 1.70. The highest BCUT2D eigenvalue weighted by molar-refractivity contribution is 5.81. The molecule has 2 heterocycles. The number of aromatic hydroxyl groups is 1. The molecule has 1 aliphatic rings. The van der Waals surface area contributed by atoms with E-state index in [1.165, 1.54) is 6.07 Å². The van der Waals surface area contributed by atoms with E-state index in [-0.39, 0.29) is 17.3 Å². The maximum atomic E-state index is 12.8. The predicted molar refractivity (Wildman–Crippen MR) is 92.4 cm³/mol. The Kier molecular flexibility index (Phi) is 3.81. The van der Waals surface area contributed by atoms with Gasteiger partial charge in [0.1, 0.15) is 11.4 Å². The van der Waals surface area contributed by atoms with Crippen molar-refractivity contribution in [2.24, 2.45) is 0 Å². The summed E-state index contributed by atoms with van der Waals surface area (Å²) < 4.78 is 40.1. The molecule has 0 bridgehead atoms. The van der Waals surface area contributed by atoms with Crippen molar-refractivity contribution in [3.05, 3.63) is 42.1 Å². The molecule has 9 heteroatoms. The zero-order chi connectivity index (χ0) is 19.4. The van der Waals surface area contributed by atoms with Crippen molar-refractivity contribution < 1.29 is 23.4 Å². The molecule has 0 spiro atoms. The van der Waals surface area contributed by atoms with E-state index in [9.17, 15) is 23.4 Å². The Morgan fingerprint density at radius 2 is 1.96 bits per heavy atom. The minimum Gasteiger partial charge on any atom is -0.507 e. The number of aromatic nitrogens is 3. The minimum atomic E-state index is -4.54. The lowest BCUT2D eigenvalue weighted by Crippen LogP contribution is -2.48. The molecule has 0 saturated heterocycles. The molecule has 3 N–H and O–H groups in total. The second-order valence-electron chi connectivity index (χ2n) is 7.11. The number of fused-ring (bicyclic) bond motifs is 1. The van der Waals surface area contributed by atoms with Crippen molar-refractivity contribution in [3.8, 4) is 17.0 Å². The van der Waals surface area contributed by atoms with E-state index in [0.717, 1.165) is 6.07 Å². The van der Waals surface area contributed by atoms with Crippen LogP contribution in [0, 0.1) is 0 Å². The van der Waals surface area contributed by atoms with Crippen LogP contribution in [0.25, 0.3) is 16.8 Å². The van der Waals surface area contributed by atoms with Gasteiger partial charge < -0.3 is 15.5 Å². The van der Waals surface area contributed by atoms with Crippen molar-refractivity contribution in [2.75, 3.05) is 5.32 Å². The molecule has 0 unspecified atom stereocenters. The molecule has 1 saturated carbocycles. The van der Waals surface area contributed by atoms with Gasteiger partial charge in [-0.3, -0.25) is 4.40 Å². The van der Waals surface area contributed by atoms with Gasteiger partial charge in [0.05, 0.1) is 16.7 Å². The summed E-state index contributed by atoms with van der Waals surface area (Å²) in [6.07, 6.45) is -1.63. The smallest absolute Gasteiger partial charge is 0.416 e. The number of phenolic OH excluding ortho intramolecular Hbond substituents is 1. The molecular formula is C18H17F3N4O2. The summed E-state index contributed by atoms with van der Waals surface area (Å²) in [6.45, 7) is 1.76. The Morgan fingerprint density at radius 1 is 1.22 bits per heavy atom. The van der Waals surface area contributed by atoms with E-state index in [1.54, 1.807) is 29.7 Å². The summed E-state index contributed by atoms with van der Waals surface area (Å²) in [5, 5.41) is 31.4. The Labute approximate surface area is 152 Å². The van der Waals surface area contributed by atoms with E-state index in [1.807, 2.05) is 0 Å². The number of nitrogens with one attached hydrogen (secondary N) is 1. The number of hydrogen-bond acceptors (Lipinski definition) is 5. The number of alkyl halides is 3. The highest BCUT2D eigenvalue weighted by Crippen LogP contribution is 2.38. The number of aliphatic hydroxyl groups is 1. The van der Waals surface area contributed by atoms with Crippen molar-refractivity contribution in [1.29, 1.82) is 0 Å². The van der Waals surface area contributed by atoms with Crippen molar-refractivity contribution in [1.82, 2.24) is 14.6 Å². The fraction of sp³-hybridized carbons (Fsp3) is 0.333. The lowest BCUT2D eigenvalue weighted by Gasteiger charge is -2.41. The van der Waals surface area contributed by atoms with E-state index < -0.39 is 23.1 Å². The van der Waals surface area contributed by atoms with Gasteiger partial charge in [-0.1, -0.05) is 0 Å². The molecule has 6 nitrogen and oxygen atoms in total. The third kappa shape index (κ3) is 3.18. The second-order valence-corrected chi connectivity index (χ2v) is 7.11. The minimum absolute atomic E-state index is 0.0604. The maximum Gasteiger partial charge on any atom is 0.416 e. The fourth-order valence-corrected chi connectivity index (χ4v) is 3.44. The van der Waals surface area contributed by atoms with Gasteiger partial charge in [-0.2, -0.15) is 13.2 Å². The number of nitrogens with zero attached hydrogens (tertiary/aromatic N) is 3. The van der Waals surface area contributed by atoms with Crippen LogP contribution in [0.1, 0.15) is 25.3 Å². The summed E-state index contributed by atoms with van der Waals surface area (Å²) in [5.41, 5.74) is -0.589. The highest BCUT2D eigenvalue weighted by atomic mass is 19.4. The van der Waals surface area contributed by atoms with E-state index in [4.69, 9.17) is 0 Å². The molecule has 0 atom stereocenters. The first-order valence-corrected chi connectivity index (χ1v) is 8.37. The summed E-state index contributed by atoms with van der Waals surface area (Å²) in [5.74, 6) is -0.0522. The number of anilines is 1. The third-order valence-electron chi connectivity index (χ3n) is 4.75. The van der Waals surface area contributed by atoms with Crippen molar-refractivity contribution >= 4 is 11.5 Å². The Morgan fingerprint density at radius 3 is 2.59 bits per heavy atom. The summed E-state index contributed by atoms with van der Waals surface area (Å²) in [7, 11) is 0. The van der Waals surface area contributed by atoms with Crippen LogP contribution in [0.4, 0.5) is 19.1 Å². The van der Waals surface area contributed by atoms with Crippen LogP contribution in [0.5, 0.6) is 5.75 Å². The quantitative estimate of drug-likeness (QED) is 0.650. The van der Waals surface area contributed by atoms with Crippen molar-refractivity contribution in [2.45, 2.75) is 37.6 Å². The van der Waals surface area contributed by atoms with Crippen LogP contribution < -0.4 is 5.32 Å². The third-order valence-corrected chi connectivity index (χ3v) is 4.75. The van der Waals surface area contributed by atoms with Gasteiger partial charge in [-0.25, -0.2) is 0 Å². The molecule has 1 aliphatic carbocycles.